The summed E-state index contributed by atoms with van der Waals surface area (Å²) in [5.41, 5.74) is 2.39. The van der Waals surface area contributed by atoms with Gasteiger partial charge in [0.2, 0.25) is 0 Å². The van der Waals surface area contributed by atoms with Gasteiger partial charge in [0.15, 0.2) is 5.78 Å². The second-order valence-electron chi connectivity index (χ2n) is 5.55. The molecule has 26 heavy (non-hydrogen) atoms. The van der Waals surface area contributed by atoms with Crippen LogP contribution in [-0.4, -0.2) is 26.6 Å². The lowest BCUT2D eigenvalue weighted by atomic mass is 10.0. The van der Waals surface area contributed by atoms with Gasteiger partial charge in [0.25, 0.3) is 0 Å². The molecular weight excluding hydrogens is 328 g/mol. The number of rotatable bonds is 9. The van der Waals surface area contributed by atoms with Crippen molar-refractivity contribution in [2.45, 2.75) is 13.3 Å². The zero-order valence-electron chi connectivity index (χ0n) is 15.5. The number of allylic oxidation sites excluding steroid dienone is 2. The fourth-order valence-electron chi connectivity index (χ4n) is 2.58. The normalized spacial score (nSPS) is 10.6. The van der Waals surface area contributed by atoms with Crippen molar-refractivity contribution in [2.75, 3.05) is 20.8 Å². The van der Waals surface area contributed by atoms with Crippen molar-refractivity contribution in [3.8, 4) is 17.2 Å². The quantitative estimate of drug-likeness (QED) is 0.372. The zero-order chi connectivity index (χ0) is 18.9. The molecule has 0 spiro atoms. The summed E-state index contributed by atoms with van der Waals surface area (Å²) in [6.45, 7) is 6.28. The van der Waals surface area contributed by atoms with Gasteiger partial charge in [0.05, 0.1) is 20.8 Å². The Bertz CT molecular complexity index is 789. The Hall–Kier alpha value is -3.01. The second kappa shape index (κ2) is 9.47. The Morgan fingerprint density at radius 2 is 1.77 bits per heavy atom. The number of carbonyl (C=O) groups is 1. The van der Waals surface area contributed by atoms with Gasteiger partial charge in [-0.05, 0) is 61.4 Å². The maximum Gasteiger partial charge on any atom is 0.185 e. The molecule has 2 rings (SSSR count). The maximum absolute atomic E-state index is 12.4. The summed E-state index contributed by atoms with van der Waals surface area (Å²) in [6.07, 6.45) is 5.77. The lowest BCUT2D eigenvalue weighted by molar-refractivity contribution is 0.104. The Balaban J connectivity index is 2.26. The molecule has 0 aromatic heterocycles. The minimum absolute atomic E-state index is 0.0869. The fraction of sp³-hybridized carbons (Fsp3) is 0.227. The molecule has 0 saturated heterocycles. The molecule has 0 heterocycles. The van der Waals surface area contributed by atoms with Crippen LogP contribution in [0.25, 0.3) is 6.08 Å². The third-order valence-corrected chi connectivity index (χ3v) is 3.86. The average molecular weight is 352 g/mol. The van der Waals surface area contributed by atoms with Crippen LogP contribution in [0.3, 0.4) is 0 Å². The maximum atomic E-state index is 12.4. The summed E-state index contributed by atoms with van der Waals surface area (Å²) < 4.78 is 16.2. The smallest absolute Gasteiger partial charge is 0.185 e. The van der Waals surface area contributed by atoms with Crippen LogP contribution in [0, 0.1) is 0 Å². The van der Waals surface area contributed by atoms with E-state index in [1.54, 1.807) is 44.6 Å². The zero-order valence-corrected chi connectivity index (χ0v) is 15.5. The van der Waals surface area contributed by atoms with Crippen LogP contribution >= 0.6 is 0 Å². The number of benzene rings is 2. The van der Waals surface area contributed by atoms with Gasteiger partial charge in [-0.15, -0.1) is 6.58 Å². The largest absolute Gasteiger partial charge is 0.496 e. The molecule has 0 aliphatic rings. The Morgan fingerprint density at radius 3 is 2.35 bits per heavy atom. The molecule has 0 saturated carbocycles. The average Bonchev–Trinajstić information content (AvgIpc) is 2.67. The predicted octanol–water partition coefficient (Wildman–Crippen LogP) is 4.73. The van der Waals surface area contributed by atoms with Gasteiger partial charge in [-0.2, -0.15) is 0 Å². The van der Waals surface area contributed by atoms with Gasteiger partial charge in [0, 0.05) is 17.2 Å². The van der Waals surface area contributed by atoms with Crippen molar-refractivity contribution in [1.29, 1.82) is 0 Å². The number of ether oxygens (including phenoxy) is 3. The summed E-state index contributed by atoms with van der Waals surface area (Å²) in [4.78, 5) is 12.4. The van der Waals surface area contributed by atoms with Crippen molar-refractivity contribution < 1.29 is 19.0 Å². The Labute approximate surface area is 154 Å². The van der Waals surface area contributed by atoms with E-state index in [0.717, 1.165) is 22.6 Å². The first kappa shape index (κ1) is 19.3. The molecule has 0 N–H and O–H groups in total. The highest BCUT2D eigenvalue weighted by Gasteiger charge is 2.09. The second-order valence-corrected chi connectivity index (χ2v) is 5.55. The molecule has 0 atom stereocenters. The van der Waals surface area contributed by atoms with E-state index in [9.17, 15) is 4.79 Å². The van der Waals surface area contributed by atoms with Crippen LogP contribution in [0.5, 0.6) is 17.2 Å². The van der Waals surface area contributed by atoms with Crippen LogP contribution in [-0.2, 0) is 6.42 Å². The van der Waals surface area contributed by atoms with Crippen LogP contribution in [0.15, 0.2) is 55.1 Å². The Kier molecular flexibility index (Phi) is 7.03. The highest BCUT2D eigenvalue weighted by Crippen LogP contribution is 2.30. The molecule has 0 unspecified atom stereocenters. The third kappa shape index (κ3) is 4.76. The van der Waals surface area contributed by atoms with Gasteiger partial charge < -0.3 is 14.2 Å². The molecule has 4 nitrogen and oxygen atoms in total. The summed E-state index contributed by atoms with van der Waals surface area (Å²) >= 11 is 0. The molecule has 2 aromatic carbocycles. The molecule has 0 aliphatic heterocycles. The number of ketones is 1. The van der Waals surface area contributed by atoms with Gasteiger partial charge in [-0.3, -0.25) is 4.79 Å². The monoisotopic (exact) mass is 352 g/mol. The number of methoxy groups -OCH3 is 2. The van der Waals surface area contributed by atoms with Crippen molar-refractivity contribution in [3.05, 3.63) is 71.8 Å². The number of hydrogen-bond donors (Lipinski definition) is 0. The Morgan fingerprint density at radius 1 is 1.08 bits per heavy atom. The lowest BCUT2D eigenvalue weighted by Crippen LogP contribution is -1.97. The molecule has 2 aromatic rings. The summed E-state index contributed by atoms with van der Waals surface area (Å²) in [5.74, 6) is 2.04. The van der Waals surface area contributed by atoms with Crippen LogP contribution in [0.2, 0.25) is 0 Å². The first-order valence-electron chi connectivity index (χ1n) is 8.44. The van der Waals surface area contributed by atoms with E-state index in [4.69, 9.17) is 14.2 Å². The molecule has 136 valence electrons. The number of carbonyl (C=O) groups excluding carboxylic acids is 1. The number of hydrogen-bond acceptors (Lipinski definition) is 4. The van der Waals surface area contributed by atoms with Gasteiger partial charge in [-0.25, -0.2) is 0 Å². The van der Waals surface area contributed by atoms with Gasteiger partial charge >= 0.3 is 0 Å². The standard InChI is InChI=1S/C22H24O4/c1-5-7-17-14-18(22(25-4)15-21(17)24-3)10-13-20(23)16-8-11-19(12-9-16)26-6-2/h5,8-15H,1,6-7H2,2-4H3. The minimum Gasteiger partial charge on any atom is -0.496 e. The van der Waals surface area contributed by atoms with E-state index < -0.39 is 0 Å². The molecule has 0 aliphatic carbocycles. The van der Waals surface area contributed by atoms with E-state index in [0.29, 0.717) is 24.3 Å². The molecule has 0 amide bonds. The summed E-state index contributed by atoms with van der Waals surface area (Å²) in [7, 11) is 3.21. The van der Waals surface area contributed by atoms with Crippen molar-refractivity contribution in [1.82, 2.24) is 0 Å². The van der Waals surface area contributed by atoms with E-state index in [1.165, 1.54) is 6.08 Å². The fourth-order valence-corrected chi connectivity index (χ4v) is 2.58. The van der Waals surface area contributed by atoms with Crippen LogP contribution in [0.1, 0.15) is 28.4 Å². The van der Waals surface area contributed by atoms with Crippen molar-refractivity contribution in [2.24, 2.45) is 0 Å². The third-order valence-electron chi connectivity index (χ3n) is 3.86. The highest BCUT2D eigenvalue weighted by atomic mass is 16.5. The van der Waals surface area contributed by atoms with Gasteiger partial charge in [-0.1, -0.05) is 6.08 Å². The first-order chi connectivity index (χ1) is 12.6. The molecule has 0 fully saturated rings. The molecule has 4 heteroatoms. The molecule has 0 radical (unpaired) electrons. The van der Waals surface area contributed by atoms with E-state index in [2.05, 4.69) is 6.58 Å². The van der Waals surface area contributed by atoms with E-state index >= 15 is 0 Å². The van der Waals surface area contributed by atoms with E-state index in [-0.39, 0.29) is 5.78 Å². The lowest BCUT2D eigenvalue weighted by Gasteiger charge is -2.12. The topological polar surface area (TPSA) is 44.8 Å². The predicted molar refractivity (Wildman–Crippen MR) is 104 cm³/mol. The summed E-state index contributed by atoms with van der Waals surface area (Å²) in [5, 5.41) is 0. The van der Waals surface area contributed by atoms with Crippen LogP contribution in [0.4, 0.5) is 0 Å². The van der Waals surface area contributed by atoms with Gasteiger partial charge in [0.1, 0.15) is 17.2 Å². The van der Waals surface area contributed by atoms with Crippen LogP contribution < -0.4 is 14.2 Å². The first-order valence-corrected chi connectivity index (χ1v) is 8.44. The minimum atomic E-state index is -0.0869. The van der Waals surface area contributed by atoms with E-state index in [1.807, 2.05) is 25.1 Å². The molecule has 0 bridgehead atoms. The van der Waals surface area contributed by atoms with Crippen molar-refractivity contribution >= 4 is 11.9 Å². The summed E-state index contributed by atoms with van der Waals surface area (Å²) in [6, 6.07) is 10.9. The highest BCUT2D eigenvalue weighted by molar-refractivity contribution is 6.07. The molecular formula is C22H24O4. The van der Waals surface area contributed by atoms with Crippen molar-refractivity contribution in [3.63, 3.8) is 0 Å². The SMILES string of the molecule is C=CCc1cc(C=CC(=O)c2ccc(OCC)cc2)c(OC)cc1OC.